The van der Waals surface area contributed by atoms with Crippen LogP contribution in [-0.4, -0.2) is 52.2 Å². The normalized spacial score (nSPS) is 12.9. The molecule has 160 valence electrons. The van der Waals surface area contributed by atoms with Crippen molar-refractivity contribution in [3.63, 3.8) is 0 Å². The van der Waals surface area contributed by atoms with Crippen molar-refractivity contribution in [3.8, 4) is 0 Å². The Hall–Kier alpha value is -3.16. The van der Waals surface area contributed by atoms with Gasteiger partial charge in [0.15, 0.2) is 5.69 Å². The number of nitrogens with zero attached hydrogens (tertiary/aromatic N) is 3. The number of amides is 2. The summed E-state index contributed by atoms with van der Waals surface area (Å²) in [6.45, 7) is 4.85. The number of fused-ring (bicyclic) bond motifs is 1. The van der Waals surface area contributed by atoms with Gasteiger partial charge < -0.3 is 15.0 Å². The number of nitrogens with one attached hydrogen (secondary N) is 1. The summed E-state index contributed by atoms with van der Waals surface area (Å²) in [5, 5.41) is 7.07. The fourth-order valence-corrected chi connectivity index (χ4v) is 3.64. The van der Waals surface area contributed by atoms with Crippen molar-refractivity contribution >= 4 is 17.8 Å². The highest BCUT2D eigenvalue weighted by atomic mass is 16.5. The highest BCUT2D eigenvalue weighted by Crippen LogP contribution is 2.24. The minimum absolute atomic E-state index is 0.0510. The molecule has 0 unspecified atom stereocenters. The molecule has 0 saturated heterocycles. The predicted octanol–water partition coefficient (Wildman–Crippen LogP) is 1.71. The summed E-state index contributed by atoms with van der Waals surface area (Å²) in [7, 11) is 0. The number of rotatable bonds is 8. The van der Waals surface area contributed by atoms with E-state index in [2.05, 4.69) is 22.5 Å². The average molecular weight is 412 g/mol. The molecule has 0 saturated carbocycles. The number of hydrogen-bond donors (Lipinski definition) is 1. The number of benzene rings is 1. The Morgan fingerprint density at radius 2 is 1.97 bits per heavy atom. The molecule has 3 rings (SSSR count). The van der Waals surface area contributed by atoms with Crippen LogP contribution in [0.4, 0.5) is 0 Å². The molecule has 8 heteroatoms. The van der Waals surface area contributed by atoms with E-state index in [0.717, 1.165) is 24.1 Å². The monoisotopic (exact) mass is 412 g/mol. The van der Waals surface area contributed by atoms with E-state index >= 15 is 0 Å². The molecular weight excluding hydrogens is 384 g/mol. The van der Waals surface area contributed by atoms with E-state index in [9.17, 15) is 14.4 Å². The molecule has 1 aromatic heterocycles. The molecule has 0 radical (unpaired) electrons. The van der Waals surface area contributed by atoms with Crippen molar-refractivity contribution in [1.29, 1.82) is 0 Å². The van der Waals surface area contributed by atoms with Gasteiger partial charge in [0.05, 0.1) is 13.2 Å². The van der Waals surface area contributed by atoms with Crippen molar-refractivity contribution < 1.29 is 19.1 Å². The topological polar surface area (TPSA) is 93.5 Å². The van der Waals surface area contributed by atoms with Crippen molar-refractivity contribution in [3.05, 3.63) is 52.8 Å². The van der Waals surface area contributed by atoms with E-state index in [1.54, 1.807) is 11.8 Å². The number of ether oxygens (including phenoxy) is 1. The molecule has 0 bridgehead atoms. The van der Waals surface area contributed by atoms with Gasteiger partial charge in [0.25, 0.3) is 0 Å². The highest BCUT2D eigenvalue weighted by molar-refractivity contribution is 5.90. The molecule has 0 fully saturated rings. The molecule has 2 heterocycles. The van der Waals surface area contributed by atoms with E-state index in [4.69, 9.17) is 4.74 Å². The summed E-state index contributed by atoms with van der Waals surface area (Å²) < 4.78 is 7.07. The molecule has 1 aliphatic heterocycles. The standard InChI is InChI=1S/C22H28N4O4/c1-3-30-22(29)21-18-15-25(20(28)14-23-16(2)27)13-11-19(18)26(24-21)12-7-10-17-8-5-4-6-9-17/h4-6,8-9H,3,7,10-15H2,1-2H3,(H,23,27). The number of carbonyl (C=O) groups is 3. The first-order valence-electron chi connectivity index (χ1n) is 10.3. The minimum atomic E-state index is -0.466. The molecule has 0 spiro atoms. The Labute approximate surface area is 176 Å². The Kier molecular flexibility index (Phi) is 7.21. The quantitative estimate of drug-likeness (QED) is 0.667. The first-order chi connectivity index (χ1) is 14.5. The van der Waals surface area contributed by atoms with E-state index in [-0.39, 0.29) is 30.7 Å². The van der Waals surface area contributed by atoms with Crippen LogP contribution in [0.1, 0.15) is 47.6 Å². The second-order valence-corrected chi connectivity index (χ2v) is 7.28. The van der Waals surface area contributed by atoms with Crippen LogP contribution in [-0.2, 0) is 40.3 Å². The van der Waals surface area contributed by atoms with Crippen molar-refractivity contribution in [1.82, 2.24) is 20.0 Å². The number of hydrogen-bond acceptors (Lipinski definition) is 5. The lowest BCUT2D eigenvalue weighted by Gasteiger charge is -2.28. The molecule has 2 aromatic rings. The van der Waals surface area contributed by atoms with Crippen LogP contribution in [0.5, 0.6) is 0 Å². The average Bonchev–Trinajstić information content (AvgIpc) is 3.11. The van der Waals surface area contributed by atoms with Gasteiger partial charge in [-0.1, -0.05) is 30.3 Å². The second kappa shape index (κ2) is 10.0. The molecule has 30 heavy (non-hydrogen) atoms. The van der Waals surface area contributed by atoms with Crippen LogP contribution in [0.15, 0.2) is 30.3 Å². The second-order valence-electron chi connectivity index (χ2n) is 7.28. The first-order valence-corrected chi connectivity index (χ1v) is 10.3. The van der Waals surface area contributed by atoms with Gasteiger partial charge in [0.1, 0.15) is 0 Å². The van der Waals surface area contributed by atoms with Gasteiger partial charge in [-0.05, 0) is 25.3 Å². The van der Waals surface area contributed by atoms with Gasteiger partial charge in [-0.15, -0.1) is 0 Å². The van der Waals surface area contributed by atoms with Crippen molar-refractivity contribution in [2.75, 3.05) is 19.7 Å². The summed E-state index contributed by atoms with van der Waals surface area (Å²) in [5.41, 5.74) is 3.27. The molecule has 0 aliphatic carbocycles. The number of aryl methyl sites for hydroxylation is 2. The summed E-state index contributed by atoms with van der Waals surface area (Å²) in [6.07, 6.45) is 2.43. The highest BCUT2D eigenvalue weighted by Gasteiger charge is 2.30. The lowest BCUT2D eigenvalue weighted by Crippen LogP contribution is -2.42. The summed E-state index contributed by atoms with van der Waals surface area (Å²) >= 11 is 0. The Morgan fingerprint density at radius 1 is 1.20 bits per heavy atom. The molecule has 1 aliphatic rings. The molecule has 2 amide bonds. The lowest BCUT2D eigenvalue weighted by atomic mass is 10.0. The van der Waals surface area contributed by atoms with Crippen LogP contribution in [0.2, 0.25) is 0 Å². The van der Waals surface area contributed by atoms with Gasteiger partial charge in [-0.2, -0.15) is 5.10 Å². The number of aromatic nitrogens is 2. The van der Waals surface area contributed by atoms with Gasteiger partial charge in [-0.25, -0.2) is 4.79 Å². The summed E-state index contributed by atoms with van der Waals surface area (Å²) in [6, 6.07) is 10.2. The minimum Gasteiger partial charge on any atom is -0.461 e. The van der Waals surface area contributed by atoms with Crippen LogP contribution < -0.4 is 5.32 Å². The fraction of sp³-hybridized carbons (Fsp3) is 0.455. The smallest absolute Gasteiger partial charge is 0.359 e. The van der Waals surface area contributed by atoms with E-state index < -0.39 is 5.97 Å². The maximum absolute atomic E-state index is 12.5. The number of esters is 1. The zero-order chi connectivity index (χ0) is 21.5. The molecule has 1 aromatic carbocycles. The maximum Gasteiger partial charge on any atom is 0.359 e. The maximum atomic E-state index is 12.5. The van der Waals surface area contributed by atoms with Crippen LogP contribution >= 0.6 is 0 Å². The van der Waals surface area contributed by atoms with E-state index in [0.29, 0.717) is 26.1 Å². The zero-order valence-electron chi connectivity index (χ0n) is 17.5. The fourth-order valence-electron chi connectivity index (χ4n) is 3.64. The van der Waals surface area contributed by atoms with Crippen LogP contribution in [0.25, 0.3) is 0 Å². The van der Waals surface area contributed by atoms with Crippen molar-refractivity contribution in [2.45, 2.75) is 46.2 Å². The van der Waals surface area contributed by atoms with Gasteiger partial charge >= 0.3 is 5.97 Å². The summed E-state index contributed by atoms with van der Waals surface area (Å²) in [5.74, 6) is -0.895. The Balaban J connectivity index is 1.74. The zero-order valence-corrected chi connectivity index (χ0v) is 17.5. The third kappa shape index (κ3) is 5.25. The van der Waals surface area contributed by atoms with Gasteiger partial charge in [0, 0.05) is 44.2 Å². The molecule has 8 nitrogen and oxygen atoms in total. The van der Waals surface area contributed by atoms with Crippen LogP contribution in [0.3, 0.4) is 0 Å². The van der Waals surface area contributed by atoms with Crippen LogP contribution in [0, 0.1) is 0 Å². The predicted molar refractivity (Wildman–Crippen MR) is 111 cm³/mol. The van der Waals surface area contributed by atoms with E-state index in [1.165, 1.54) is 12.5 Å². The SMILES string of the molecule is CCOC(=O)c1nn(CCCc2ccccc2)c2c1CN(C(=O)CNC(C)=O)CC2. The number of carbonyl (C=O) groups excluding carboxylic acids is 3. The molecular formula is C22H28N4O4. The van der Waals surface area contributed by atoms with Gasteiger partial charge in [-0.3, -0.25) is 14.3 Å². The first kappa shape index (κ1) is 21.5. The third-order valence-electron chi connectivity index (χ3n) is 5.12. The Bertz CT molecular complexity index is 907. The lowest BCUT2D eigenvalue weighted by molar-refractivity contribution is -0.133. The Morgan fingerprint density at radius 3 is 2.67 bits per heavy atom. The molecule has 1 N–H and O–H groups in total. The van der Waals surface area contributed by atoms with Crippen molar-refractivity contribution in [2.24, 2.45) is 0 Å². The summed E-state index contributed by atoms with van der Waals surface area (Å²) in [4.78, 5) is 37.6. The third-order valence-corrected chi connectivity index (χ3v) is 5.12. The largest absolute Gasteiger partial charge is 0.461 e. The van der Waals surface area contributed by atoms with Gasteiger partial charge in [0.2, 0.25) is 11.8 Å². The van der Waals surface area contributed by atoms with E-state index in [1.807, 2.05) is 22.9 Å². The molecule has 0 atom stereocenters.